The molecule has 3 N–H and O–H groups in total. The number of alkyl carbamates (subject to hydrolysis) is 1. The summed E-state index contributed by atoms with van der Waals surface area (Å²) in [5.74, 6) is 0.0758. The van der Waals surface area contributed by atoms with Gasteiger partial charge in [-0.2, -0.15) is 0 Å². The van der Waals surface area contributed by atoms with Crippen molar-refractivity contribution in [1.29, 1.82) is 0 Å². The number of methoxy groups -OCH3 is 1. The first-order valence-corrected chi connectivity index (χ1v) is 3.24. The summed E-state index contributed by atoms with van der Waals surface area (Å²) in [5.41, 5.74) is 5.29. The molecule has 0 bridgehead atoms. The van der Waals surface area contributed by atoms with Crippen molar-refractivity contribution in [1.82, 2.24) is 5.32 Å². The molecule has 0 rings (SSSR count). The lowest BCUT2D eigenvalue weighted by Gasteiger charge is -2.03. The van der Waals surface area contributed by atoms with Gasteiger partial charge in [-0.25, -0.2) is 4.79 Å². The maximum absolute atomic E-state index is 10.5. The third kappa shape index (κ3) is 5.20. The average molecular weight is 159 g/mol. The highest BCUT2D eigenvalue weighted by Crippen LogP contribution is 1.83. The van der Waals surface area contributed by atoms with Gasteiger partial charge in [-0.3, -0.25) is 10.3 Å². The molecular formula is C6H13N3O2. The van der Waals surface area contributed by atoms with Gasteiger partial charge in [0.1, 0.15) is 0 Å². The van der Waals surface area contributed by atoms with E-state index in [-0.39, 0.29) is 12.0 Å². The molecule has 0 aromatic rings. The van der Waals surface area contributed by atoms with Crippen LogP contribution < -0.4 is 11.1 Å². The van der Waals surface area contributed by atoms with Gasteiger partial charge in [-0.1, -0.05) is 0 Å². The Kier molecular flexibility index (Phi) is 4.02. The lowest BCUT2D eigenvalue weighted by atomic mass is 10.4. The van der Waals surface area contributed by atoms with Crippen molar-refractivity contribution >= 4 is 12.1 Å². The molecule has 0 radical (unpaired) electrons. The largest absolute Gasteiger partial charge is 0.453 e. The van der Waals surface area contributed by atoms with Crippen molar-refractivity contribution in [2.24, 2.45) is 10.7 Å². The van der Waals surface area contributed by atoms with Gasteiger partial charge in [0.15, 0.2) is 5.96 Å². The Morgan fingerprint density at radius 2 is 2.18 bits per heavy atom. The highest BCUT2D eigenvalue weighted by molar-refractivity contribution is 5.92. The number of guanidine groups is 1. The first kappa shape index (κ1) is 9.74. The van der Waals surface area contributed by atoms with Crippen molar-refractivity contribution in [3.05, 3.63) is 0 Å². The number of nitrogens with zero attached hydrogens (tertiary/aromatic N) is 1. The van der Waals surface area contributed by atoms with Crippen LogP contribution in [0.3, 0.4) is 0 Å². The number of aliphatic imine (C=N–C) groups is 1. The number of amides is 1. The Bertz CT molecular complexity index is 165. The van der Waals surface area contributed by atoms with Gasteiger partial charge >= 0.3 is 6.09 Å². The standard InChI is InChI=1S/C6H13N3O2/c1-4(2)8-5(7)9-6(10)11-3/h4H,1-3H3,(H3,7,8,9,10). The number of nitrogens with one attached hydrogen (secondary N) is 1. The maximum Gasteiger partial charge on any atom is 0.413 e. The summed E-state index contributed by atoms with van der Waals surface area (Å²) in [6, 6.07) is 0.0622. The van der Waals surface area contributed by atoms with Crippen molar-refractivity contribution in [3.8, 4) is 0 Å². The summed E-state index contributed by atoms with van der Waals surface area (Å²) in [6.07, 6.45) is -0.605. The highest BCUT2D eigenvalue weighted by Gasteiger charge is 2.00. The molecule has 1 amide bonds. The molecule has 0 saturated heterocycles. The summed E-state index contributed by atoms with van der Waals surface area (Å²) in [4.78, 5) is 14.4. The maximum atomic E-state index is 10.5. The van der Waals surface area contributed by atoms with Crippen LogP contribution >= 0.6 is 0 Å². The fourth-order valence-corrected chi connectivity index (χ4v) is 0.466. The van der Waals surface area contributed by atoms with Gasteiger partial charge in [0.05, 0.1) is 7.11 Å². The molecule has 0 aliphatic carbocycles. The molecule has 0 saturated carbocycles. The van der Waals surface area contributed by atoms with E-state index in [9.17, 15) is 4.79 Å². The second kappa shape index (κ2) is 4.54. The fraction of sp³-hybridized carbons (Fsp3) is 0.667. The third-order valence-corrected chi connectivity index (χ3v) is 0.813. The molecule has 5 heteroatoms. The van der Waals surface area contributed by atoms with Crippen LogP contribution in [0.2, 0.25) is 0 Å². The summed E-state index contributed by atoms with van der Waals surface area (Å²) < 4.78 is 4.29. The van der Waals surface area contributed by atoms with Crippen LogP contribution in [0.4, 0.5) is 4.79 Å². The summed E-state index contributed by atoms with van der Waals surface area (Å²) in [6.45, 7) is 3.71. The summed E-state index contributed by atoms with van der Waals surface area (Å²) >= 11 is 0. The zero-order valence-electron chi connectivity index (χ0n) is 6.92. The Labute approximate surface area is 65.6 Å². The number of hydrogen-bond donors (Lipinski definition) is 2. The smallest absolute Gasteiger partial charge is 0.413 e. The minimum absolute atomic E-state index is 0.0622. The Morgan fingerprint density at radius 3 is 2.55 bits per heavy atom. The van der Waals surface area contributed by atoms with Crippen LogP contribution in [0.1, 0.15) is 13.8 Å². The molecule has 5 nitrogen and oxygen atoms in total. The van der Waals surface area contributed by atoms with E-state index in [1.165, 1.54) is 7.11 Å². The third-order valence-electron chi connectivity index (χ3n) is 0.813. The summed E-state index contributed by atoms with van der Waals surface area (Å²) in [7, 11) is 1.26. The van der Waals surface area contributed by atoms with Gasteiger partial charge in [0.2, 0.25) is 0 Å². The molecule has 11 heavy (non-hydrogen) atoms. The van der Waals surface area contributed by atoms with E-state index in [4.69, 9.17) is 5.73 Å². The lowest BCUT2D eigenvalue weighted by molar-refractivity contribution is 0.176. The van der Waals surface area contributed by atoms with Crippen LogP contribution in [0.25, 0.3) is 0 Å². The zero-order valence-corrected chi connectivity index (χ0v) is 6.92. The van der Waals surface area contributed by atoms with Gasteiger partial charge in [0.25, 0.3) is 0 Å². The quantitative estimate of drug-likeness (QED) is 0.419. The van der Waals surface area contributed by atoms with Crippen LogP contribution in [-0.2, 0) is 4.74 Å². The van der Waals surface area contributed by atoms with Crippen molar-refractivity contribution in [2.45, 2.75) is 19.9 Å². The number of ether oxygens (including phenoxy) is 1. The van der Waals surface area contributed by atoms with Gasteiger partial charge in [-0.05, 0) is 13.8 Å². The number of carbonyl (C=O) groups is 1. The first-order valence-electron chi connectivity index (χ1n) is 3.24. The predicted octanol–water partition coefficient (Wildman–Crippen LogP) is 0.0655. The molecule has 0 aliphatic rings. The fourth-order valence-electron chi connectivity index (χ4n) is 0.466. The van der Waals surface area contributed by atoms with E-state index in [2.05, 4.69) is 15.0 Å². The normalized spacial score (nSPS) is 11.5. The van der Waals surface area contributed by atoms with Crippen LogP contribution in [0.5, 0.6) is 0 Å². The second-order valence-electron chi connectivity index (χ2n) is 2.22. The van der Waals surface area contributed by atoms with E-state index >= 15 is 0 Å². The number of carbonyl (C=O) groups excluding carboxylic acids is 1. The molecule has 0 unspecified atom stereocenters. The van der Waals surface area contributed by atoms with Crippen LogP contribution in [0.15, 0.2) is 4.99 Å². The van der Waals surface area contributed by atoms with Crippen LogP contribution in [0, 0.1) is 0 Å². The van der Waals surface area contributed by atoms with E-state index in [1.54, 1.807) is 0 Å². The molecule has 0 aromatic heterocycles. The van der Waals surface area contributed by atoms with E-state index in [0.717, 1.165) is 0 Å². The predicted molar refractivity (Wildman–Crippen MR) is 42.3 cm³/mol. The molecule has 0 fully saturated rings. The Hall–Kier alpha value is -1.26. The molecule has 0 aliphatic heterocycles. The summed E-state index contributed by atoms with van der Waals surface area (Å²) in [5, 5.41) is 2.23. The van der Waals surface area contributed by atoms with Crippen molar-refractivity contribution in [2.75, 3.05) is 7.11 Å². The van der Waals surface area contributed by atoms with Crippen LogP contribution in [-0.4, -0.2) is 25.2 Å². The SMILES string of the molecule is COC(=O)NC(N)=NC(C)C. The average Bonchev–Trinajstić information content (AvgIpc) is 1.85. The van der Waals surface area contributed by atoms with Crippen molar-refractivity contribution in [3.63, 3.8) is 0 Å². The highest BCUT2D eigenvalue weighted by atomic mass is 16.5. The lowest BCUT2D eigenvalue weighted by Crippen LogP contribution is -2.37. The number of nitrogens with two attached hydrogens (primary N) is 1. The topological polar surface area (TPSA) is 76.7 Å². The molecule has 0 aromatic carbocycles. The molecule has 64 valence electrons. The molecule has 0 heterocycles. The first-order chi connectivity index (χ1) is 5.06. The van der Waals surface area contributed by atoms with Crippen molar-refractivity contribution < 1.29 is 9.53 Å². The minimum Gasteiger partial charge on any atom is -0.453 e. The van der Waals surface area contributed by atoms with Gasteiger partial charge in [-0.15, -0.1) is 0 Å². The van der Waals surface area contributed by atoms with Gasteiger partial charge < -0.3 is 10.5 Å². The number of rotatable bonds is 1. The van der Waals surface area contributed by atoms with E-state index in [1.807, 2.05) is 13.8 Å². The monoisotopic (exact) mass is 159 g/mol. The zero-order chi connectivity index (χ0) is 8.85. The Balaban J connectivity index is 3.86. The van der Waals surface area contributed by atoms with E-state index < -0.39 is 6.09 Å². The molecule has 0 spiro atoms. The molecular weight excluding hydrogens is 146 g/mol. The molecule has 0 atom stereocenters. The Morgan fingerprint density at radius 1 is 1.64 bits per heavy atom. The second-order valence-corrected chi connectivity index (χ2v) is 2.22. The van der Waals surface area contributed by atoms with E-state index in [0.29, 0.717) is 0 Å². The number of hydrogen-bond acceptors (Lipinski definition) is 3. The minimum atomic E-state index is -0.605. The van der Waals surface area contributed by atoms with Gasteiger partial charge in [0, 0.05) is 6.04 Å².